The maximum absolute atomic E-state index is 12.8. The van der Waals surface area contributed by atoms with Crippen LogP contribution in [0.25, 0.3) is 0 Å². The Kier molecular flexibility index (Phi) is 6.36. The molecule has 0 aromatic heterocycles. The van der Waals surface area contributed by atoms with E-state index in [1.54, 1.807) is 44.2 Å². The number of aromatic hydroxyl groups is 1. The number of methoxy groups -OCH3 is 1. The van der Waals surface area contributed by atoms with Gasteiger partial charge < -0.3 is 20.5 Å². The summed E-state index contributed by atoms with van der Waals surface area (Å²) in [4.78, 5) is 24.9. The molecule has 29 heavy (non-hydrogen) atoms. The van der Waals surface area contributed by atoms with Gasteiger partial charge in [0.2, 0.25) is 11.8 Å². The van der Waals surface area contributed by atoms with E-state index in [0.717, 1.165) is 5.56 Å². The predicted octanol–water partition coefficient (Wildman–Crippen LogP) is 2.54. The van der Waals surface area contributed by atoms with Crippen molar-refractivity contribution in [2.24, 2.45) is 5.92 Å². The zero-order valence-corrected chi connectivity index (χ0v) is 16.7. The van der Waals surface area contributed by atoms with E-state index < -0.39 is 6.04 Å². The summed E-state index contributed by atoms with van der Waals surface area (Å²) in [5, 5.41) is 15.7. The third-order valence-electron chi connectivity index (χ3n) is 4.80. The van der Waals surface area contributed by atoms with E-state index in [2.05, 4.69) is 21.5 Å². The SMILES string of the molecule is COc1ccc(NC(=O)C2CC(c3ccccc3O)NN2)c(NC(=O)C(C)C)c1. The zero-order chi connectivity index (χ0) is 21.0. The molecule has 8 heteroatoms. The van der Waals surface area contributed by atoms with Crippen LogP contribution in [0.3, 0.4) is 0 Å². The monoisotopic (exact) mass is 398 g/mol. The molecule has 1 heterocycles. The summed E-state index contributed by atoms with van der Waals surface area (Å²) >= 11 is 0. The normalized spacial score (nSPS) is 18.5. The van der Waals surface area contributed by atoms with Gasteiger partial charge in [-0.2, -0.15) is 0 Å². The summed E-state index contributed by atoms with van der Waals surface area (Å²) in [6.07, 6.45) is 0.466. The number of nitrogens with one attached hydrogen (secondary N) is 4. The number of para-hydroxylation sites is 1. The average Bonchev–Trinajstić information content (AvgIpc) is 3.19. The van der Waals surface area contributed by atoms with Crippen LogP contribution in [0.15, 0.2) is 42.5 Å². The fourth-order valence-electron chi connectivity index (χ4n) is 3.07. The topological polar surface area (TPSA) is 112 Å². The molecular formula is C21H26N4O4. The standard InChI is InChI=1S/C21H26N4O4/c1-12(2)20(27)23-17-10-13(29-3)8-9-15(17)22-21(28)18-11-16(24-25-18)14-6-4-5-7-19(14)26/h4-10,12,16,18,24-26H,11H2,1-3H3,(H,22,28)(H,23,27). The Morgan fingerprint density at radius 3 is 2.55 bits per heavy atom. The number of rotatable bonds is 6. The zero-order valence-electron chi connectivity index (χ0n) is 16.7. The van der Waals surface area contributed by atoms with Gasteiger partial charge in [0.15, 0.2) is 0 Å². The highest BCUT2D eigenvalue weighted by atomic mass is 16.5. The van der Waals surface area contributed by atoms with Crippen molar-refractivity contribution in [1.82, 2.24) is 10.9 Å². The lowest BCUT2D eigenvalue weighted by atomic mass is 10.0. The van der Waals surface area contributed by atoms with Crippen LogP contribution in [-0.2, 0) is 9.59 Å². The van der Waals surface area contributed by atoms with E-state index >= 15 is 0 Å². The quantitative estimate of drug-likeness (QED) is 0.511. The van der Waals surface area contributed by atoms with Crippen LogP contribution in [0.5, 0.6) is 11.5 Å². The van der Waals surface area contributed by atoms with Gasteiger partial charge in [0.1, 0.15) is 17.5 Å². The Labute approximate surface area is 169 Å². The fourth-order valence-corrected chi connectivity index (χ4v) is 3.07. The van der Waals surface area contributed by atoms with Gasteiger partial charge in [0.05, 0.1) is 24.5 Å². The van der Waals surface area contributed by atoms with Crippen molar-refractivity contribution in [1.29, 1.82) is 0 Å². The summed E-state index contributed by atoms with van der Waals surface area (Å²) in [6, 6.07) is 11.4. The highest BCUT2D eigenvalue weighted by molar-refractivity contribution is 6.02. The summed E-state index contributed by atoms with van der Waals surface area (Å²) in [5.41, 5.74) is 7.70. The van der Waals surface area contributed by atoms with Crippen molar-refractivity contribution in [3.63, 3.8) is 0 Å². The molecule has 0 spiro atoms. The van der Waals surface area contributed by atoms with E-state index in [9.17, 15) is 14.7 Å². The second kappa shape index (κ2) is 8.93. The second-order valence-electron chi connectivity index (χ2n) is 7.23. The minimum Gasteiger partial charge on any atom is -0.508 e. The van der Waals surface area contributed by atoms with E-state index in [1.807, 2.05) is 12.1 Å². The van der Waals surface area contributed by atoms with Crippen molar-refractivity contribution in [2.45, 2.75) is 32.4 Å². The van der Waals surface area contributed by atoms with Gasteiger partial charge in [0, 0.05) is 17.5 Å². The number of ether oxygens (including phenoxy) is 1. The van der Waals surface area contributed by atoms with Crippen molar-refractivity contribution in [2.75, 3.05) is 17.7 Å². The molecule has 1 fully saturated rings. The number of anilines is 2. The smallest absolute Gasteiger partial charge is 0.242 e. The lowest BCUT2D eigenvalue weighted by molar-refractivity contribution is -0.119. The minimum atomic E-state index is -0.504. The van der Waals surface area contributed by atoms with Gasteiger partial charge in [-0.05, 0) is 24.6 Å². The van der Waals surface area contributed by atoms with Crippen LogP contribution >= 0.6 is 0 Å². The average molecular weight is 398 g/mol. The highest BCUT2D eigenvalue weighted by Gasteiger charge is 2.31. The molecular weight excluding hydrogens is 372 g/mol. The maximum atomic E-state index is 12.8. The molecule has 2 aromatic carbocycles. The van der Waals surface area contributed by atoms with Crippen molar-refractivity contribution in [3.8, 4) is 11.5 Å². The number of phenols is 1. The van der Waals surface area contributed by atoms with Gasteiger partial charge in [-0.1, -0.05) is 32.0 Å². The van der Waals surface area contributed by atoms with Crippen LogP contribution < -0.4 is 26.2 Å². The Morgan fingerprint density at radius 2 is 1.86 bits per heavy atom. The lowest BCUT2D eigenvalue weighted by Crippen LogP contribution is -2.39. The molecule has 2 atom stereocenters. The molecule has 1 aliphatic rings. The van der Waals surface area contributed by atoms with Crippen LogP contribution in [0.4, 0.5) is 11.4 Å². The number of hydrazine groups is 1. The van der Waals surface area contributed by atoms with E-state index in [4.69, 9.17) is 4.74 Å². The molecule has 0 radical (unpaired) electrons. The maximum Gasteiger partial charge on any atom is 0.242 e. The minimum absolute atomic E-state index is 0.158. The van der Waals surface area contributed by atoms with Crippen LogP contribution in [0.1, 0.15) is 31.9 Å². The van der Waals surface area contributed by atoms with E-state index in [1.165, 1.54) is 7.11 Å². The van der Waals surface area contributed by atoms with Crippen molar-refractivity contribution < 1.29 is 19.4 Å². The Bertz CT molecular complexity index is 900. The first-order valence-electron chi connectivity index (χ1n) is 9.47. The number of hydrogen-bond donors (Lipinski definition) is 5. The molecule has 2 unspecified atom stereocenters. The molecule has 2 amide bonds. The number of benzene rings is 2. The highest BCUT2D eigenvalue weighted by Crippen LogP contribution is 2.31. The lowest BCUT2D eigenvalue weighted by Gasteiger charge is -2.16. The molecule has 0 aliphatic carbocycles. The van der Waals surface area contributed by atoms with Gasteiger partial charge in [-0.3, -0.25) is 9.59 Å². The van der Waals surface area contributed by atoms with E-state index in [0.29, 0.717) is 23.5 Å². The molecule has 0 bridgehead atoms. The van der Waals surface area contributed by atoms with Crippen molar-refractivity contribution >= 4 is 23.2 Å². The Hall–Kier alpha value is -3.10. The first-order valence-corrected chi connectivity index (χ1v) is 9.47. The molecule has 5 N–H and O–H groups in total. The third kappa shape index (κ3) is 4.85. The fraction of sp³-hybridized carbons (Fsp3) is 0.333. The third-order valence-corrected chi connectivity index (χ3v) is 4.80. The van der Waals surface area contributed by atoms with Crippen LogP contribution in [0, 0.1) is 5.92 Å². The van der Waals surface area contributed by atoms with Crippen LogP contribution in [0.2, 0.25) is 0 Å². The number of phenolic OH excluding ortho intramolecular Hbond substituents is 1. The molecule has 3 rings (SSSR count). The molecule has 8 nitrogen and oxygen atoms in total. The van der Waals surface area contributed by atoms with E-state index in [-0.39, 0.29) is 29.5 Å². The van der Waals surface area contributed by atoms with Gasteiger partial charge in [-0.25, -0.2) is 10.9 Å². The molecule has 154 valence electrons. The van der Waals surface area contributed by atoms with Crippen molar-refractivity contribution in [3.05, 3.63) is 48.0 Å². The first kappa shape index (κ1) is 20.6. The number of carbonyl (C=O) groups excluding carboxylic acids is 2. The second-order valence-corrected chi connectivity index (χ2v) is 7.23. The summed E-state index contributed by atoms with van der Waals surface area (Å²) < 4.78 is 5.22. The summed E-state index contributed by atoms with van der Waals surface area (Å²) in [7, 11) is 1.54. The number of amides is 2. The molecule has 1 saturated heterocycles. The Balaban J connectivity index is 1.72. The largest absolute Gasteiger partial charge is 0.508 e. The predicted molar refractivity (Wildman–Crippen MR) is 111 cm³/mol. The summed E-state index contributed by atoms with van der Waals surface area (Å²) in [5.74, 6) is 0.142. The van der Waals surface area contributed by atoms with Gasteiger partial charge in [-0.15, -0.1) is 0 Å². The molecule has 0 saturated carbocycles. The number of carbonyl (C=O) groups is 2. The van der Waals surface area contributed by atoms with Crippen LogP contribution in [-0.4, -0.2) is 30.1 Å². The van der Waals surface area contributed by atoms with Gasteiger partial charge >= 0.3 is 0 Å². The summed E-state index contributed by atoms with van der Waals surface area (Å²) in [6.45, 7) is 3.59. The molecule has 2 aromatic rings. The number of hydrogen-bond acceptors (Lipinski definition) is 6. The first-order chi connectivity index (χ1) is 13.9. The Morgan fingerprint density at radius 1 is 1.10 bits per heavy atom. The molecule has 1 aliphatic heterocycles. The van der Waals surface area contributed by atoms with Gasteiger partial charge in [0.25, 0.3) is 0 Å².